The minimum Gasteiger partial charge on any atom is -0.445 e. The van der Waals surface area contributed by atoms with E-state index in [4.69, 9.17) is 15.1 Å². The van der Waals surface area contributed by atoms with Crippen LogP contribution >= 0.6 is 0 Å². The summed E-state index contributed by atoms with van der Waals surface area (Å²) in [4.78, 5) is 11.4. The summed E-state index contributed by atoms with van der Waals surface area (Å²) in [6.45, 7) is -0.0226. The molecular formula is C13H16N2O3. The molecule has 0 bridgehead atoms. The van der Waals surface area contributed by atoms with Crippen molar-refractivity contribution in [3.63, 3.8) is 0 Å². The zero-order valence-corrected chi connectivity index (χ0v) is 10.0. The molecule has 1 rings (SSSR count). The largest absolute Gasteiger partial charge is 0.445 e. The van der Waals surface area contributed by atoms with Crippen LogP contribution in [0.15, 0.2) is 30.3 Å². The summed E-state index contributed by atoms with van der Waals surface area (Å²) < 4.78 is 5.00. The Bertz CT molecular complexity index is 400. The van der Waals surface area contributed by atoms with Gasteiger partial charge in [-0.05, 0) is 12.0 Å². The van der Waals surface area contributed by atoms with Gasteiger partial charge in [-0.15, -0.1) is 0 Å². The molecule has 0 saturated heterocycles. The molecule has 0 heterocycles. The fraction of sp³-hybridized carbons (Fsp3) is 0.385. The van der Waals surface area contributed by atoms with Gasteiger partial charge in [0.15, 0.2) is 0 Å². The van der Waals surface area contributed by atoms with Crippen molar-refractivity contribution < 1.29 is 14.6 Å². The number of rotatable bonds is 6. The maximum absolute atomic E-state index is 11.4. The van der Waals surface area contributed by atoms with Crippen LogP contribution in [0.3, 0.4) is 0 Å². The Morgan fingerprint density at radius 2 is 2.17 bits per heavy atom. The number of nitrogens with zero attached hydrogens (tertiary/aromatic N) is 1. The van der Waals surface area contributed by atoms with Crippen LogP contribution in [-0.4, -0.2) is 23.8 Å². The van der Waals surface area contributed by atoms with Crippen molar-refractivity contribution in [1.29, 1.82) is 5.26 Å². The molecule has 5 nitrogen and oxygen atoms in total. The first-order valence-electron chi connectivity index (χ1n) is 5.71. The van der Waals surface area contributed by atoms with Gasteiger partial charge in [0.1, 0.15) is 6.61 Å². The number of nitrogens with one attached hydrogen (secondary N) is 1. The summed E-state index contributed by atoms with van der Waals surface area (Å²) in [6.07, 6.45) is 0.105. The number of carbonyl (C=O) groups excluding carboxylic acids is 1. The number of aliphatic hydroxyl groups excluding tert-OH is 1. The summed E-state index contributed by atoms with van der Waals surface area (Å²) in [6, 6.07) is 10.8. The molecule has 0 saturated carbocycles. The molecule has 5 heteroatoms. The van der Waals surface area contributed by atoms with Crippen molar-refractivity contribution in [1.82, 2.24) is 5.32 Å². The van der Waals surface area contributed by atoms with Gasteiger partial charge in [0.2, 0.25) is 0 Å². The summed E-state index contributed by atoms with van der Waals surface area (Å²) in [5.41, 5.74) is 0.894. The monoisotopic (exact) mass is 248 g/mol. The van der Waals surface area contributed by atoms with Crippen molar-refractivity contribution in [3.8, 4) is 6.07 Å². The smallest absolute Gasteiger partial charge is 0.407 e. The Kier molecular flexibility index (Phi) is 6.30. The Morgan fingerprint density at radius 1 is 1.44 bits per heavy atom. The number of ether oxygens (including phenoxy) is 1. The lowest BCUT2D eigenvalue weighted by Crippen LogP contribution is -2.37. The third-order valence-corrected chi connectivity index (χ3v) is 2.36. The number of nitriles is 1. The van der Waals surface area contributed by atoms with E-state index in [9.17, 15) is 4.79 Å². The van der Waals surface area contributed by atoms with Crippen molar-refractivity contribution in [2.75, 3.05) is 6.61 Å². The van der Waals surface area contributed by atoms with E-state index in [0.29, 0.717) is 6.42 Å². The number of amides is 1. The number of benzene rings is 1. The topological polar surface area (TPSA) is 82.4 Å². The average molecular weight is 248 g/mol. The number of carbonyl (C=O) groups is 1. The van der Waals surface area contributed by atoms with E-state index in [1.807, 2.05) is 36.4 Å². The van der Waals surface area contributed by atoms with Gasteiger partial charge >= 0.3 is 6.09 Å². The van der Waals surface area contributed by atoms with Crippen LogP contribution in [0, 0.1) is 11.3 Å². The van der Waals surface area contributed by atoms with E-state index >= 15 is 0 Å². The van der Waals surface area contributed by atoms with Gasteiger partial charge in [-0.25, -0.2) is 4.79 Å². The predicted octanol–water partition coefficient (Wildman–Crippen LogP) is 1.58. The lowest BCUT2D eigenvalue weighted by Gasteiger charge is -2.14. The fourth-order valence-corrected chi connectivity index (χ4v) is 1.38. The molecule has 96 valence electrons. The first-order chi connectivity index (χ1) is 8.76. The molecule has 1 aromatic carbocycles. The minimum absolute atomic E-state index is 0.184. The van der Waals surface area contributed by atoms with Crippen LogP contribution in [0.25, 0.3) is 0 Å². The van der Waals surface area contributed by atoms with Gasteiger partial charge in [0.25, 0.3) is 0 Å². The molecule has 1 aromatic rings. The third kappa shape index (κ3) is 5.32. The molecule has 0 aromatic heterocycles. The molecule has 1 amide bonds. The number of hydrogen-bond acceptors (Lipinski definition) is 4. The number of hydrogen-bond donors (Lipinski definition) is 2. The minimum atomic E-state index is -0.587. The van der Waals surface area contributed by atoms with E-state index < -0.39 is 12.1 Å². The summed E-state index contributed by atoms with van der Waals surface area (Å²) in [5, 5.41) is 19.9. The van der Waals surface area contributed by atoms with Gasteiger partial charge < -0.3 is 15.2 Å². The van der Waals surface area contributed by atoms with Crippen LogP contribution in [0.2, 0.25) is 0 Å². The van der Waals surface area contributed by atoms with E-state index in [2.05, 4.69) is 5.32 Å². The zero-order valence-electron chi connectivity index (χ0n) is 10.0. The van der Waals surface area contributed by atoms with Crippen LogP contribution < -0.4 is 5.32 Å². The standard InChI is InChI=1S/C13H16N2O3/c14-8-4-7-12(9-16)15-13(17)18-10-11-5-2-1-3-6-11/h1-3,5-6,12,16H,4,7,9-10H2,(H,15,17). The molecule has 1 atom stereocenters. The van der Waals surface area contributed by atoms with Gasteiger partial charge in [0, 0.05) is 6.42 Å². The lowest BCUT2D eigenvalue weighted by molar-refractivity contribution is 0.128. The first-order valence-corrected chi connectivity index (χ1v) is 5.71. The second kappa shape index (κ2) is 8.09. The van der Waals surface area contributed by atoms with Gasteiger partial charge in [-0.3, -0.25) is 0 Å². The van der Waals surface area contributed by atoms with Crippen molar-refractivity contribution >= 4 is 6.09 Å². The Balaban J connectivity index is 2.30. The van der Waals surface area contributed by atoms with Crippen LogP contribution in [0.4, 0.5) is 4.79 Å². The van der Waals surface area contributed by atoms with Gasteiger partial charge in [0.05, 0.1) is 18.7 Å². The molecule has 0 aliphatic carbocycles. The first kappa shape index (κ1) is 14.0. The SMILES string of the molecule is N#CCCC(CO)NC(=O)OCc1ccccc1. The van der Waals surface area contributed by atoms with Crippen molar-refractivity contribution in [2.24, 2.45) is 0 Å². The van der Waals surface area contributed by atoms with E-state index in [0.717, 1.165) is 5.56 Å². The number of alkyl carbamates (subject to hydrolysis) is 1. The highest BCUT2D eigenvalue weighted by molar-refractivity contribution is 5.67. The van der Waals surface area contributed by atoms with Crippen molar-refractivity contribution in [3.05, 3.63) is 35.9 Å². The molecule has 0 fully saturated rings. The van der Waals surface area contributed by atoms with Gasteiger partial charge in [-0.2, -0.15) is 5.26 Å². The highest BCUT2D eigenvalue weighted by Crippen LogP contribution is 2.01. The van der Waals surface area contributed by atoms with E-state index in [-0.39, 0.29) is 19.6 Å². The van der Waals surface area contributed by atoms with Crippen LogP contribution in [0.1, 0.15) is 18.4 Å². The maximum atomic E-state index is 11.4. The highest BCUT2D eigenvalue weighted by atomic mass is 16.5. The molecule has 2 N–H and O–H groups in total. The summed E-state index contributed by atoms with van der Waals surface area (Å²) in [7, 11) is 0. The average Bonchev–Trinajstić information content (AvgIpc) is 2.42. The summed E-state index contributed by atoms with van der Waals surface area (Å²) in [5.74, 6) is 0. The zero-order chi connectivity index (χ0) is 13.2. The molecular weight excluding hydrogens is 232 g/mol. The Morgan fingerprint density at radius 3 is 2.78 bits per heavy atom. The third-order valence-electron chi connectivity index (χ3n) is 2.36. The summed E-state index contributed by atoms with van der Waals surface area (Å²) >= 11 is 0. The van der Waals surface area contributed by atoms with Crippen molar-refractivity contribution in [2.45, 2.75) is 25.5 Å². The quantitative estimate of drug-likeness (QED) is 0.800. The fourth-order valence-electron chi connectivity index (χ4n) is 1.38. The van der Waals surface area contributed by atoms with E-state index in [1.165, 1.54) is 0 Å². The molecule has 0 aliphatic rings. The predicted molar refractivity (Wildman–Crippen MR) is 65.5 cm³/mol. The maximum Gasteiger partial charge on any atom is 0.407 e. The lowest BCUT2D eigenvalue weighted by atomic mass is 10.2. The van der Waals surface area contributed by atoms with E-state index in [1.54, 1.807) is 0 Å². The second-order valence-corrected chi connectivity index (χ2v) is 3.78. The normalized spacial score (nSPS) is 11.3. The van der Waals surface area contributed by atoms with Gasteiger partial charge in [-0.1, -0.05) is 30.3 Å². The van der Waals surface area contributed by atoms with Crippen LogP contribution in [0.5, 0.6) is 0 Å². The highest BCUT2D eigenvalue weighted by Gasteiger charge is 2.11. The molecule has 18 heavy (non-hydrogen) atoms. The second-order valence-electron chi connectivity index (χ2n) is 3.78. The molecule has 0 spiro atoms. The molecule has 0 radical (unpaired) electrons. The molecule has 0 aliphatic heterocycles. The Labute approximate surface area is 106 Å². The molecule has 1 unspecified atom stereocenters. The van der Waals surface area contributed by atoms with Crippen LogP contribution in [-0.2, 0) is 11.3 Å². The number of aliphatic hydroxyl groups is 1. The Hall–Kier alpha value is -2.06.